The lowest BCUT2D eigenvalue weighted by atomic mass is 10.1. The van der Waals surface area contributed by atoms with E-state index in [1.54, 1.807) is 4.90 Å². The minimum atomic E-state index is -0.0212. The van der Waals surface area contributed by atoms with E-state index in [0.717, 1.165) is 6.42 Å². The molecule has 0 aliphatic heterocycles. The summed E-state index contributed by atoms with van der Waals surface area (Å²) in [5.74, 6) is -0.0212. The zero-order chi connectivity index (χ0) is 10.3. The maximum absolute atomic E-state index is 11.2. The van der Waals surface area contributed by atoms with Crippen molar-refractivity contribution in [1.82, 2.24) is 10.2 Å². The van der Waals surface area contributed by atoms with Crippen LogP contribution in [0.1, 0.15) is 19.8 Å². The smallest absolute Gasteiger partial charge is 0.234 e. The summed E-state index contributed by atoms with van der Waals surface area (Å²) in [5.41, 5.74) is 0. The molecule has 1 N–H and O–H groups in total. The second kappa shape index (κ2) is 6.44. The Morgan fingerprint density at radius 1 is 1.62 bits per heavy atom. The summed E-state index contributed by atoms with van der Waals surface area (Å²) in [7, 11) is 3.68. The molecule has 0 aromatic rings. The number of rotatable bonds is 5. The third-order valence-corrected chi connectivity index (χ3v) is 1.66. The van der Waals surface area contributed by atoms with Gasteiger partial charge in [0.05, 0.1) is 19.0 Å². The Labute approximate surface area is 79.5 Å². The van der Waals surface area contributed by atoms with Gasteiger partial charge in [-0.25, -0.2) is 0 Å². The molecule has 1 atom stereocenters. The van der Waals surface area contributed by atoms with Crippen molar-refractivity contribution in [3.63, 3.8) is 0 Å². The van der Waals surface area contributed by atoms with Gasteiger partial charge in [0.25, 0.3) is 0 Å². The zero-order valence-corrected chi connectivity index (χ0v) is 8.50. The van der Waals surface area contributed by atoms with Crippen molar-refractivity contribution in [3.8, 4) is 6.07 Å². The standard InChI is InChI=1S/C9H17N3O/c1-4-8(5-6-10)11-9(13)7-12(2)3/h8H,4-5,7H2,1-3H3,(H,11,13). The third kappa shape index (κ3) is 6.12. The lowest BCUT2D eigenvalue weighted by Gasteiger charge is -2.15. The maximum Gasteiger partial charge on any atom is 0.234 e. The first-order chi connectivity index (χ1) is 6.10. The predicted molar refractivity (Wildman–Crippen MR) is 51.0 cm³/mol. The Kier molecular flexibility index (Phi) is 5.90. The van der Waals surface area contributed by atoms with E-state index < -0.39 is 0 Å². The van der Waals surface area contributed by atoms with Gasteiger partial charge >= 0.3 is 0 Å². The van der Waals surface area contributed by atoms with Gasteiger partial charge in [0.1, 0.15) is 0 Å². The number of nitriles is 1. The summed E-state index contributed by atoms with van der Waals surface area (Å²) in [6.45, 7) is 2.33. The van der Waals surface area contributed by atoms with Gasteiger partial charge in [-0.3, -0.25) is 4.79 Å². The van der Waals surface area contributed by atoms with Gasteiger partial charge in [-0.2, -0.15) is 5.26 Å². The lowest BCUT2D eigenvalue weighted by Crippen LogP contribution is -2.39. The van der Waals surface area contributed by atoms with Crippen LogP contribution in [0.3, 0.4) is 0 Å². The Morgan fingerprint density at radius 2 is 2.23 bits per heavy atom. The van der Waals surface area contributed by atoms with Crippen LogP contribution in [-0.2, 0) is 4.79 Å². The van der Waals surface area contributed by atoms with Gasteiger partial charge in [0, 0.05) is 6.04 Å². The zero-order valence-electron chi connectivity index (χ0n) is 8.50. The SMILES string of the molecule is CCC(CC#N)NC(=O)CN(C)C. The molecule has 4 nitrogen and oxygen atoms in total. The number of nitrogens with zero attached hydrogens (tertiary/aromatic N) is 2. The van der Waals surface area contributed by atoms with Crippen LogP contribution in [0, 0.1) is 11.3 Å². The number of carbonyl (C=O) groups excluding carboxylic acids is 1. The number of hydrogen-bond donors (Lipinski definition) is 1. The highest BCUT2D eigenvalue weighted by Gasteiger charge is 2.09. The van der Waals surface area contributed by atoms with Gasteiger partial charge in [-0.1, -0.05) is 6.92 Å². The molecule has 0 spiro atoms. The van der Waals surface area contributed by atoms with Crippen LogP contribution in [0.5, 0.6) is 0 Å². The fraction of sp³-hybridized carbons (Fsp3) is 0.778. The Morgan fingerprint density at radius 3 is 2.62 bits per heavy atom. The molecule has 0 saturated heterocycles. The molecule has 0 radical (unpaired) electrons. The molecule has 74 valence electrons. The van der Waals surface area contributed by atoms with Crippen LogP contribution in [-0.4, -0.2) is 37.5 Å². The van der Waals surface area contributed by atoms with Crippen molar-refractivity contribution >= 4 is 5.91 Å². The number of hydrogen-bond acceptors (Lipinski definition) is 3. The molecule has 0 heterocycles. The first kappa shape index (κ1) is 11.9. The second-order valence-corrected chi connectivity index (χ2v) is 3.27. The van der Waals surface area contributed by atoms with Crippen LogP contribution in [0.25, 0.3) is 0 Å². The van der Waals surface area contributed by atoms with Crippen molar-refractivity contribution in [2.24, 2.45) is 0 Å². The van der Waals surface area contributed by atoms with Crippen LogP contribution in [0.4, 0.5) is 0 Å². The number of likely N-dealkylation sites (N-methyl/N-ethyl adjacent to an activating group) is 1. The van der Waals surface area contributed by atoms with E-state index in [-0.39, 0.29) is 11.9 Å². The van der Waals surface area contributed by atoms with Crippen molar-refractivity contribution in [1.29, 1.82) is 5.26 Å². The molecular formula is C9H17N3O. The largest absolute Gasteiger partial charge is 0.351 e. The van der Waals surface area contributed by atoms with E-state index in [9.17, 15) is 4.79 Å². The Balaban J connectivity index is 3.81. The van der Waals surface area contributed by atoms with Gasteiger partial charge in [-0.05, 0) is 20.5 Å². The second-order valence-electron chi connectivity index (χ2n) is 3.27. The molecule has 0 aromatic heterocycles. The third-order valence-electron chi connectivity index (χ3n) is 1.66. The summed E-state index contributed by atoms with van der Waals surface area (Å²) < 4.78 is 0. The normalized spacial score (nSPS) is 12.2. The fourth-order valence-electron chi connectivity index (χ4n) is 0.968. The van der Waals surface area contributed by atoms with Crippen molar-refractivity contribution in [3.05, 3.63) is 0 Å². The molecule has 0 aliphatic rings. The molecule has 13 heavy (non-hydrogen) atoms. The summed E-state index contributed by atoms with van der Waals surface area (Å²) >= 11 is 0. The van der Waals surface area contributed by atoms with E-state index >= 15 is 0 Å². The van der Waals surface area contributed by atoms with E-state index in [4.69, 9.17) is 5.26 Å². The predicted octanol–water partition coefficient (Wildman–Crippen LogP) is 0.356. The highest BCUT2D eigenvalue weighted by molar-refractivity contribution is 5.78. The molecule has 0 aromatic carbocycles. The summed E-state index contributed by atoms with van der Waals surface area (Å²) in [6, 6.07) is 2.05. The molecule has 1 amide bonds. The summed E-state index contributed by atoms with van der Waals surface area (Å²) in [5, 5.41) is 11.2. The maximum atomic E-state index is 11.2. The number of nitrogens with one attached hydrogen (secondary N) is 1. The van der Waals surface area contributed by atoms with Gasteiger partial charge in [-0.15, -0.1) is 0 Å². The molecule has 0 fully saturated rings. The monoisotopic (exact) mass is 183 g/mol. The Hall–Kier alpha value is -1.08. The van der Waals surface area contributed by atoms with E-state index in [1.807, 2.05) is 27.1 Å². The fourth-order valence-corrected chi connectivity index (χ4v) is 0.968. The van der Waals surface area contributed by atoms with Crippen LogP contribution in [0.2, 0.25) is 0 Å². The number of carbonyl (C=O) groups is 1. The summed E-state index contributed by atoms with van der Waals surface area (Å²) in [4.78, 5) is 13.0. The Bertz CT molecular complexity index is 196. The van der Waals surface area contributed by atoms with Crippen LogP contribution >= 0.6 is 0 Å². The van der Waals surface area contributed by atoms with Crippen molar-refractivity contribution in [2.75, 3.05) is 20.6 Å². The van der Waals surface area contributed by atoms with Crippen molar-refractivity contribution < 1.29 is 4.79 Å². The average Bonchev–Trinajstić information content (AvgIpc) is 2.02. The van der Waals surface area contributed by atoms with Gasteiger partial charge < -0.3 is 10.2 Å². The van der Waals surface area contributed by atoms with E-state index in [2.05, 4.69) is 5.32 Å². The molecule has 0 saturated carbocycles. The molecule has 1 unspecified atom stereocenters. The molecule has 0 aliphatic carbocycles. The first-order valence-electron chi connectivity index (χ1n) is 4.41. The summed E-state index contributed by atoms with van der Waals surface area (Å²) in [6.07, 6.45) is 1.18. The highest BCUT2D eigenvalue weighted by Crippen LogP contribution is 1.95. The molecular weight excluding hydrogens is 166 g/mol. The van der Waals surface area contributed by atoms with Crippen LogP contribution in [0.15, 0.2) is 0 Å². The van der Waals surface area contributed by atoms with E-state index in [1.165, 1.54) is 0 Å². The van der Waals surface area contributed by atoms with Gasteiger partial charge in [0.15, 0.2) is 0 Å². The molecule has 0 rings (SSSR count). The van der Waals surface area contributed by atoms with Crippen LogP contribution < -0.4 is 5.32 Å². The topological polar surface area (TPSA) is 56.1 Å². The highest BCUT2D eigenvalue weighted by atomic mass is 16.2. The van der Waals surface area contributed by atoms with Crippen molar-refractivity contribution in [2.45, 2.75) is 25.8 Å². The van der Waals surface area contributed by atoms with E-state index in [0.29, 0.717) is 13.0 Å². The van der Waals surface area contributed by atoms with Gasteiger partial charge in [0.2, 0.25) is 5.91 Å². The quantitative estimate of drug-likeness (QED) is 0.669. The average molecular weight is 183 g/mol. The minimum Gasteiger partial charge on any atom is -0.351 e. The minimum absolute atomic E-state index is 0.00236. The first-order valence-corrected chi connectivity index (χ1v) is 4.41. The lowest BCUT2D eigenvalue weighted by molar-refractivity contribution is -0.122. The molecule has 4 heteroatoms. The molecule has 0 bridgehead atoms. The number of amides is 1.